The van der Waals surface area contributed by atoms with Crippen LogP contribution in [0.25, 0.3) is 10.9 Å². The van der Waals surface area contributed by atoms with Crippen LogP contribution in [-0.4, -0.2) is 57.0 Å². The molecular formula is C25H28N2O7S. The number of sulfonamides is 1. The van der Waals surface area contributed by atoms with Crippen molar-refractivity contribution in [2.45, 2.75) is 37.3 Å². The lowest BCUT2D eigenvalue weighted by Gasteiger charge is -2.25. The summed E-state index contributed by atoms with van der Waals surface area (Å²) in [5.41, 5.74) is 0.852. The van der Waals surface area contributed by atoms with Crippen molar-refractivity contribution in [2.24, 2.45) is 0 Å². The number of aromatic nitrogens is 1. The van der Waals surface area contributed by atoms with Gasteiger partial charge in [0.25, 0.3) is 5.56 Å². The maximum atomic E-state index is 13.6. The number of ether oxygens (including phenoxy) is 3. The number of hydrogen-bond acceptors (Lipinski definition) is 7. The number of methoxy groups -OCH3 is 2. The van der Waals surface area contributed by atoms with Crippen LogP contribution in [-0.2, 0) is 21.3 Å². The fourth-order valence-corrected chi connectivity index (χ4v) is 5.61. The molecule has 1 aliphatic heterocycles. The SMILES string of the molecule is COc1cc2cc(CN(C[C@H]3CCCO3)S(=O)(=O)c3ccc(C(C)=O)cc3)c(=O)[nH]c2cc1OC. The van der Waals surface area contributed by atoms with Gasteiger partial charge in [0.15, 0.2) is 17.3 Å². The minimum atomic E-state index is -3.98. The Bertz CT molecular complexity index is 1390. The van der Waals surface area contributed by atoms with E-state index >= 15 is 0 Å². The van der Waals surface area contributed by atoms with Crippen LogP contribution in [0.15, 0.2) is 52.2 Å². The van der Waals surface area contributed by atoms with Crippen molar-refractivity contribution < 1.29 is 27.4 Å². The minimum Gasteiger partial charge on any atom is -0.493 e. The fourth-order valence-electron chi connectivity index (χ4n) is 4.16. The lowest BCUT2D eigenvalue weighted by Crippen LogP contribution is -2.38. The van der Waals surface area contributed by atoms with Crippen LogP contribution < -0.4 is 15.0 Å². The van der Waals surface area contributed by atoms with Gasteiger partial charge in [0.05, 0.1) is 30.7 Å². The normalized spacial score (nSPS) is 16.1. The second-order valence-electron chi connectivity index (χ2n) is 8.43. The van der Waals surface area contributed by atoms with Crippen LogP contribution in [0, 0.1) is 0 Å². The molecule has 35 heavy (non-hydrogen) atoms. The van der Waals surface area contributed by atoms with Gasteiger partial charge in [0.1, 0.15) is 0 Å². The summed E-state index contributed by atoms with van der Waals surface area (Å²) in [6, 6.07) is 10.9. The maximum Gasteiger partial charge on any atom is 0.252 e. The summed E-state index contributed by atoms with van der Waals surface area (Å²) in [5, 5.41) is 0.678. The first-order chi connectivity index (χ1) is 16.7. The van der Waals surface area contributed by atoms with Crippen LogP contribution >= 0.6 is 0 Å². The van der Waals surface area contributed by atoms with Gasteiger partial charge >= 0.3 is 0 Å². The Morgan fingerprint density at radius 3 is 2.40 bits per heavy atom. The number of aromatic amines is 1. The number of carbonyl (C=O) groups is 1. The summed E-state index contributed by atoms with van der Waals surface area (Å²) in [6.07, 6.45) is 1.33. The molecule has 1 saturated heterocycles. The van der Waals surface area contributed by atoms with Crippen molar-refractivity contribution >= 4 is 26.7 Å². The van der Waals surface area contributed by atoms with Gasteiger partial charge in [0.2, 0.25) is 10.0 Å². The Labute approximate surface area is 203 Å². The Morgan fingerprint density at radius 2 is 1.80 bits per heavy atom. The van der Waals surface area contributed by atoms with Crippen LogP contribution in [0.2, 0.25) is 0 Å². The highest BCUT2D eigenvalue weighted by Gasteiger charge is 2.30. The van der Waals surface area contributed by atoms with Crippen molar-refractivity contribution in [1.29, 1.82) is 0 Å². The van der Waals surface area contributed by atoms with E-state index in [1.54, 1.807) is 18.2 Å². The van der Waals surface area contributed by atoms with Crippen molar-refractivity contribution in [2.75, 3.05) is 27.4 Å². The second kappa shape index (κ2) is 10.2. The number of carbonyl (C=O) groups excluding carboxylic acids is 1. The summed E-state index contributed by atoms with van der Waals surface area (Å²) in [7, 11) is -0.954. The lowest BCUT2D eigenvalue weighted by molar-refractivity contribution is 0.0925. The third-order valence-corrected chi connectivity index (χ3v) is 7.93. The molecule has 0 radical (unpaired) electrons. The molecule has 0 aliphatic carbocycles. The monoisotopic (exact) mass is 500 g/mol. The van der Waals surface area contributed by atoms with Gasteiger partial charge in [-0.15, -0.1) is 0 Å². The summed E-state index contributed by atoms with van der Waals surface area (Å²) in [4.78, 5) is 27.4. The molecule has 1 aromatic heterocycles. The summed E-state index contributed by atoms with van der Waals surface area (Å²) < 4.78 is 44.8. The van der Waals surface area contributed by atoms with E-state index in [9.17, 15) is 18.0 Å². The highest BCUT2D eigenvalue weighted by atomic mass is 32.2. The Kier molecular flexibility index (Phi) is 7.25. The van der Waals surface area contributed by atoms with Crippen molar-refractivity contribution in [3.63, 3.8) is 0 Å². The van der Waals surface area contributed by atoms with Crippen LogP contribution in [0.3, 0.4) is 0 Å². The van der Waals surface area contributed by atoms with Crippen molar-refractivity contribution in [3.05, 3.63) is 63.9 Å². The average molecular weight is 501 g/mol. The topological polar surface area (TPSA) is 115 Å². The molecule has 1 fully saturated rings. The molecule has 9 nitrogen and oxygen atoms in total. The minimum absolute atomic E-state index is 0.0455. The highest BCUT2D eigenvalue weighted by molar-refractivity contribution is 7.89. The van der Waals surface area contributed by atoms with E-state index < -0.39 is 15.6 Å². The molecule has 0 spiro atoms. The van der Waals surface area contributed by atoms with Crippen LogP contribution in [0.1, 0.15) is 35.7 Å². The van der Waals surface area contributed by atoms with Crippen LogP contribution in [0.5, 0.6) is 11.5 Å². The molecule has 0 unspecified atom stereocenters. The molecule has 186 valence electrons. The number of H-pyrrole nitrogens is 1. The van der Waals surface area contributed by atoms with Crippen molar-refractivity contribution in [3.8, 4) is 11.5 Å². The van der Waals surface area contributed by atoms with Gasteiger partial charge < -0.3 is 19.2 Å². The van der Waals surface area contributed by atoms with Gasteiger partial charge in [-0.05, 0) is 44.0 Å². The predicted molar refractivity (Wildman–Crippen MR) is 131 cm³/mol. The number of hydrogen-bond donors (Lipinski definition) is 1. The number of ketones is 1. The fraction of sp³-hybridized carbons (Fsp3) is 0.360. The van der Waals surface area contributed by atoms with Gasteiger partial charge in [-0.1, -0.05) is 12.1 Å². The summed E-state index contributed by atoms with van der Waals surface area (Å²) in [5.74, 6) is 0.812. The van der Waals surface area contributed by atoms with E-state index in [0.29, 0.717) is 34.6 Å². The average Bonchev–Trinajstić information content (AvgIpc) is 3.36. The number of benzene rings is 2. The second-order valence-corrected chi connectivity index (χ2v) is 10.4. The van der Waals surface area contributed by atoms with E-state index in [0.717, 1.165) is 12.8 Å². The van der Waals surface area contributed by atoms with Crippen LogP contribution in [0.4, 0.5) is 0 Å². The van der Waals surface area contributed by atoms with E-state index in [2.05, 4.69) is 4.98 Å². The standard InChI is InChI=1S/C25H28N2O7S/c1-16(28)17-6-8-21(9-7-17)35(30,31)27(15-20-5-4-10-34-20)14-19-11-18-12-23(32-2)24(33-3)13-22(18)26-25(19)29/h6-9,11-13,20H,4-5,10,14-15H2,1-3H3,(H,26,29)/t20-/m1/s1. The van der Waals surface area contributed by atoms with E-state index in [1.165, 1.54) is 49.7 Å². The Balaban J connectivity index is 1.73. The quantitative estimate of drug-likeness (QED) is 0.449. The third-order valence-electron chi connectivity index (χ3n) is 6.10. The molecule has 1 aliphatic rings. The van der Waals surface area contributed by atoms with Gasteiger partial charge in [0, 0.05) is 42.3 Å². The zero-order chi connectivity index (χ0) is 25.2. The zero-order valence-electron chi connectivity index (χ0n) is 19.9. The number of rotatable bonds is 9. The molecule has 0 saturated carbocycles. The van der Waals surface area contributed by atoms with Gasteiger partial charge in [-0.2, -0.15) is 4.31 Å². The molecule has 2 heterocycles. The Morgan fingerprint density at radius 1 is 1.11 bits per heavy atom. The predicted octanol–water partition coefficient (Wildman–Crippen LogP) is 3.12. The van der Waals surface area contributed by atoms with Gasteiger partial charge in [-0.25, -0.2) is 8.42 Å². The number of fused-ring (bicyclic) bond motifs is 1. The largest absolute Gasteiger partial charge is 0.493 e. The molecule has 1 N–H and O–H groups in total. The van der Waals surface area contributed by atoms with E-state index in [4.69, 9.17) is 14.2 Å². The first-order valence-electron chi connectivity index (χ1n) is 11.2. The van der Waals surface area contributed by atoms with E-state index in [1.807, 2.05) is 0 Å². The molecule has 3 aromatic rings. The van der Waals surface area contributed by atoms with Crippen molar-refractivity contribution in [1.82, 2.24) is 9.29 Å². The zero-order valence-corrected chi connectivity index (χ0v) is 20.7. The molecule has 0 bridgehead atoms. The highest BCUT2D eigenvalue weighted by Crippen LogP contribution is 2.31. The summed E-state index contributed by atoms with van der Waals surface area (Å²) in [6.45, 7) is 1.96. The lowest BCUT2D eigenvalue weighted by atomic mass is 10.1. The first kappa shape index (κ1) is 24.9. The number of nitrogens with zero attached hydrogens (tertiary/aromatic N) is 1. The van der Waals surface area contributed by atoms with Gasteiger partial charge in [-0.3, -0.25) is 9.59 Å². The molecule has 0 amide bonds. The maximum absolute atomic E-state index is 13.6. The molecule has 1 atom stereocenters. The summed E-state index contributed by atoms with van der Waals surface area (Å²) >= 11 is 0. The molecular weight excluding hydrogens is 472 g/mol. The molecule has 4 rings (SSSR count). The number of pyridine rings is 1. The number of Topliss-reactive ketones (excluding diaryl/α,β-unsaturated/α-hetero) is 1. The van der Waals surface area contributed by atoms with E-state index in [-0.39, 0.29) is 35.4 Å². The molecule has 2 aromatic carbocycles. The first-order valence-corrected chi connectivity index (χ1v) is 12.7. The smallest absolute Gasteiger partial charge is 0.252 e. The number of nitrogens with one attached hydrogen (secondary N) is 1. The Hall–Kier alpha value is -3.21. The molecule has 10 heteroatoms. The third kappa shape index (κ3) is 5.24.